The number of rotatable bonds is 3. The van der Waals surface area contributed by atoms with Crippen LogP contribution in [0.1, 0.15) is 10.4 Å². The molecule has 1 aromatic carbocycles. The summed E-state index contributed by atoms with van der Waals surface area (Å²) < 4.78 is 4.92. The summed E-state index contributed by atoms with van der Waals surface area (Å²) in [5, 5.41) is 12.2. The second-order valence-corrected chi connectivity index (χ2v) is 4.11. The highest BCUT2D eigenvalue weighted by molar-refractivity contribution is 9.10. The highest BCUT2D eigenvalue weighted by Crippen LogP contribution is 2.35. The number of halogens is 2. The Morgan fingerprint density at radius 3 is 2.71 bits per heavy atom. The molecule has 7 heteroatoms. The normalized spacial score (nSPS) is 9.82. The van der Waals surface area contributed by atoms with E-state index in [9.17, 15) is 14.7 Å². The number of carbonyl (C=O) groups is 2. The zero-order chi connectivity index (χ0) is 13.0. The summed E-state index contributed by atoms with van der Waals surface area (Å²) in [7, 11) is 1.20. The fourth-order valence-electron chi connectivity index (χ4n) is 1.13. The molecule has 1 rings (SSSR count). The Labute approximate surface area is 111 Å². The van der Waals surface area contributed by atoms with E-state index >= 15 is 0 Å². The van der Waals surface area contributed by atoms with E-state index in [1.165, 1.54) is 19.2 Å². The van der Waals surface area contributed by atoms with Crippen molar-refractivity contribution < 1.29 is 19.4 Å². The van der Waals surface area contributed by atoms with Crippen LogP contribution in [0.3, 0.4) is 0 Å². The summed E-state index contributed by atoms with van der Waals surface area (Å²) in [6.07, 6.45) is 0. The number of phenolic OH excluding ortho intramolecular Hbond substituents is 1. The van der Waals surface area contributed by atoms with Gasteiger partial charge in [-0.15, -0.1) is 11.6 Å². The van der Waals surface area contributed by atoms with Crippen LogP contribution in [0, 0.1) is 0 Å². The Morgan fingerprint density at radius 2 is 2.18 bits per heavy atom. The lowest BCUT2D eigenvalue weighted by molar-refractivity contribution is -0.113. The van der Waals surface area contributed by atoms with Gasteiger partial charge in [0.25, 0.3) is 0 Å². The summed E-state index contributed by atoms with van der Waals surface area (Å²) in [6, 6.07) is 2.89. The van der Waals surface area contributed by atoms with Crippen LogP contribution in [0.5, 0.6) is 5.75 Å². The Hall–Kier alpha value is -1.27. The van der Waals surface area contributed by atoms with Crippen LogP contribution < -0.4 is 5.32 Å². The number of anilines is 1. The van der Waals surface area contributed by atoms with Crippen molar-refractivity contribution in [2.45, 2.75) is 0 Å². The van der Waals surface area contributed by atoms with Gasteiger partial charge in [-0.05, 0) is 28.1 Å². The number of hydrogen-bond donors (Lipinski definition) is 2. The van der Waals surface area contributed by atoms with Crippen LogP contribution in [-0.2, 0) is 9.53 Å². The van der Waals surface area contributed by atoms with Gasteiger partial charge in [-0.1, -0.05) is 0 Å². The number of carbonyl (C=O) groups excluding carboxylic acids is 2. The van der Waals surface area contributed by atoms with Crippen molar-refractivity contribution in [2.24, 2.45) is 0 Å². The van der Waals surface area contributed by atoms with Gasteiger partial charge >= 0.3 is 5.97 Å². The van der Waals surface area contributed by atoms with Crippen molar-refractivity contribution in [3.63, 3.8) is 0 Å². The van der Waals surface area contributed by atoms with Crippen molar-refractivity contribution >= 4 is 45.1 Å². The minimum atomic E-state index is -0.698. The highest BCUT2D eigenvalue weighted by atomic mass is 79.9. The third-order valence-corrected chi connectivity index (χ3v) is 2.82. The standard InChI is InChI=1S/C10H9BrClNO4/c1-17-10(16)5-2-3-6(11)8(9(5)15)13-7(14)4-12/h2-3,15H,4H2,1H3,(H,13,14). The zero-order valence-corrected chi connectivity index (χ0v) is 11.1. The number of alkyl halides is 1. The van der Waals surface area contributed by atoms with Crippen molar-refractivity contribution in [1.82, 2.24) is 0 Å². The zero-order valence-electron chi connectivity index (χ0n) is 8.79. The molecule has 0 aromatic heterocycles. The number of aromatic hydroxyl groups is 1. The van der Waals surface area contributed by atoms with Crippen LogP contribution >= 0.6 is 27.5 Å². The minimum absolute atomic E-state index is 0.0411. The first-order valence-corrected chi connectivity index (χ1v) is 5.79. The summed E-state index contributed by atoms with van der Waals surface area (Å²) in [5.74, 6) is -1.82. The summed E-state index contributed by atoms with van der Waals surface area (Å²) in [5.41, 5.74) is 0.0409. The molecule has 17 heavy (non-hydrogen) atoms. The molecule has 0 aliphatic heterocycles. The number of phenols is 1. The number of nitrogens with one attached hydrogen (secondary N) is 1. The molecular weight excluding hydrogens is 313 g/mol. The quantitative estimate of drug-likeness (QED) is 0.508. The van der Waals surface area contributed by atoms with E-state index in [4.69, 9.17) is 11.6 Å². The molecule has 1 amide bonds. The number of amides is 1. The van der Waals surface area contributed by atoms with Crippen molar-refractivity contribution in [3.8, 4) is 5.75 Å². The molecule has 0 saturated heterocycles. The van der Waals surface area contributed by atoms with Gasteiger partial charge in [0.1, 0.15) is 11.4 Å². The van der Waals surface area contributed by atoms with Crippen LogP contribution in [-0.4, -0.2) is 30.0 Å². The van der Waals surface area contributed by atoms with E-state index in [0.29, 0.717) is 4.47 Å². The Morgan fingerprint density at radius 1 is 1.53 bits per heavy atom. The molecule has 0 radical (unpaired) electrons. The van der Waals surface area contributed by atoms with Gasteiger partial charge < -0.3 is 15.2 Å². The lowest BCUT2D eigenvalue weighted by Gasteiger charge is -2.11. The molecule has 0 spiro atoms. The van der Waals surface area contributed by atoms with Gasteiger partial charge in [0.05, 0.1) is 12.8 Å². The fourth-order valence-corrected chi connectivity index (χ4v) is 1.62. The van der Waals surface area contributed by atoms with E-state index in [0.717, 1.165) is 0 Å². The van der Waals surface area contributed by atoms with Gasteiger partial charge in [0.15, 0.2) is 5.75 Å². The molecule has 0 fully saturated rings. The molecule has 0 heterocycles. The van der Waals surface area contributed by atoms with Gasteiger partial charge in [-0.25, -0.2) is 4.79 Å². The van der Waals surface area contributed by atoms with Crippen molar-refractivity contribution in [3.05, 3.63) is 22.2 Å². The van der Waals surface area contributed by atoms with Crippen LogP contribution in [0.4, 0.5) is 5.69 Å². The number of hydrogen-bond acceptors (Lipinski definition) is 4. The van der Waals surface area contributed by atoms with Crippen LogP contribution in [0.2, 0.25) is 0 Å². The number of esters is 1. The smallest absolute Gasteiger partial charge is 0.341 e. The molecule has 0 aliphatic carbocycles. The van der Waals surface area contributed by atoms with E-state index in [1.807, 2.05) is 0 Å². The number of benzene rings is 1. The maximum absolute atomic E-state index is 11.3. The third-order valence-electron chi connectivity index (χ3n) is 1.92. The molecule has 1 aromatic rings. The predicted molar refractivity (Wildman–Crippen MR) is 66.5 cm³/mol. The van der Waals surface area contributed by atoms with E-state index in [-0.39, 0.29) is 22.9 Å². The molecule has 5 nitrogen and oxygen atoms in total. The second-order valence-electron chi connectivity index (χ2n) is 2.99. The fraction of sp³-hybridized carbons (Fsp3) is 0.200. The molecule has 92 valence electrons. The third kappa shape index (κ3) is 3.10. The number of methoxy groups -OCH3 is 1. The van der Waals surface area contributed by atoms with Gasteiger partial charge in [-0.3, -0.25) is 4.79 Å². The monoisotopic (exact) mass is 321 g/mol. The molecule has 2 N–H and O–H groups in total. The summed E-state index contributed by atoms with van der Waals surface area (Å²) in [4.78, 5) is 22.5. The van der Waals surface area contributed by atoms with Gasteiger partial charge in [0.2, 0.25) is 5.91 Å². The Balaban J connectivity index is 3.20. The highest BCUT2D eigenvalue weighted by Gasteiger charge is 2.18. The van der Waals surface area contributed by atoms with E-state index < -0.39 is 11.9 Å². The summed E-state index contributed by atoms with van der Waals surface area (Å²) >= 11 is 8.48. The van der Waals surface area contributed by atoms with E-state index in [2.05, 4.69) is 26.0 Å². The second kappa shape index (κ2) is 5.88. The van der Waals surface area contributed by atoms with E-state index in [1.54, 1.807) is 0 Å². The van der Waals surface area contributed by atoms with Crippen molar-refractivity contribution in [2.75, 3.05) is 18.3 Å². The van der Waals surface area contributed by atoms with Crippen LogP contribution in [0.15, 0.2) is 16.6 Å². The maximum Gasteiger partial charge on any atom is 0.341 e. The van der Waals surface area contributed by atoms with Crippen molar-refractivity contribution in [1.29, 1.82) is 0 Å². The number of ether oxygens (including phenoxy) is 1. The molecular formula is C10H9BrClNO4. The first kappa shape index (κ1) is 13.8. The Bertz CT molecular complexity index is 464. The van der Waals surface area contributed by atoms with Gasteiger partial charge in [-0.2, -0.15) is 0 Å². The predicted octanol–water partition coefficient (Wildman–Crippen LogP) is 2.12. The summed E-state index contributed by atoms with van der Waals surface area (Å²) in [6.45, 7) is 0. The molecule has 0 aliphatic rings. The first-order valence-electron chi connectivity index (χ1n) is 4.46. The van der Waals surface area contributed by atoms with Crippen LogP contribution in [0.25, 0.3) is 0 Å². The SMILES string of the molecule is COC(=O)c1ccc(Br)c(NC(=O)CCl)c1O. The van der Waals surface area contributed by atoms with Gasteiger partial charge in [0, 0.05) is 4.47 Å². The topological polar surface area (TPSA) is 75.6 Å². The average molecular weight is 323 g/mol. The lowest BCUT2D eigenvalue weighted by atomic mass is 10.1. The lowest BCUT2D eigenvalue weighted by Crippen LogP contribution is -2.14. The maximum atomic E-state index is 11.3. The Kier molecular flexibility index (Phi) is 4.77. The molecule has 0 unspecified atom stereocenters. The minimum Gasteiger partial charge on any atom is -0.505 e. The average Bonchev–Trinajstić information content (AvgIpc) is 2.33. The molecule has 0 bridgehead atoms. The molecule has 0 atom stereocenters. The molecule has 0 saturated carbocycles. The largest absolute Gasteiger partial charge is 0.505 e. The first-order chi connectivity index (χ1) is 8.01.